The minimum atomic E-state index is -1.97. The summed E-state index contributed by atoms with van der Waals surface area (Å²) in [6.45, 7) is 26.3. The first kappa shape index (κ1) is 25.2. The fraction of sp³-hybridized carbons (Fsp3) is 0.909. The summed E-state index contributed by atoms with van der Waals surface area (Å²) in [5.74, 6) is 0. The third-order valence-electron chi connectivity index (χ3n) is 6.99. The zero-order valence-electron chi connectivity index (χ0n) is 19.8. The van der Waals surface area contributed by atoms with Crippen LogP contribution in [0.1, 0.15) is 33.6 Å². The number of hydrogen-bond acceptors (Lipinski definition) is 5. The van der Waals surface area contributed by atoms with E-state index in [1.807, 2.05) is 0 Å². The second-order valence-electron chi connectivity index (χ2n) is 10.2. The van der Waals surface area contributed by atoms with Crippen LogP contribution in [0.5, 0.6) is 0 Å². The molecule has 2 aliphatic rings. The van der Waals surface area contributed by atoms with Crippen molar-refractivity contribution in [1.29, 1.82) is 0 Å². The molecule has 5 nitrogen and oxygen atoms in total. The second kappa shape index (κ2) is 11.6. The monoisotopic (exact) mass is 442 g/mol. The molecule has 0 radical (unpaired) electrons. The molecule has 0 aromatic carbocycles. The van der Waals surface area contributed by atoms with Gasteiger partial charge in [0.25, 0.3) is 0 Å². The number of ether oxygens (including phenoxy) is 2. The van der Waals surface area contributed by atoms with Gasteiger partial charge in [-0.15, -0.1) is 6.58 Å². The summed E-state index contributed by atoms with van der Waals surface area (Å²) in [5, 5.41) is 0.239. The average molecular weight is 443 g/mol. The SMILES string of the molecule is C=C[Si](CCCN1CCOCC1)(CCCN1CCOCC1)O[Si](C)(C)C(C)(C)C. The van der Waals surface area contributed by atoms with Crippen LogP contribution < -0.4 is 0 Å². The number of nitrogens with zero attached hydrogens (tertiary/aromatic N) is 2. The first-order valence-electron chi connectivity index (χ1n) is 11.6. The molecule has 2 aliphatic heterocycles. The van der Waals surface area contributed by atoms with Crippen molar-refractivity contribution >= 4 is 16.6 Å². The number of rotatable bonds is 11. The summed E-state index contributed by atoms with van der Waals surface area (Å²) < 4.78 is 18.2. The van der Waals surface area contributed by atoms with Crippen molar-refractivity contribution in [2.75, 3.05) is 65.7 Å². The molecule has 29 heavy (non-hydrogen) atoms. The number of morpholine rings is 2. The van der Waals surface area contributed by atoms with E-state index in [9.17, 15) is 0 Å². The highest BCUT2D eigenvalue weighted by Crippen LogP contribution is 2.40. The third-order valence-corrected chi connectivity index (χ3v) is 17.4. The van der Waals surface area contributed by atoms with E-state index in [0.29, 0.717) is 0 Å². The first-order chi connectivity index (χ1) is 13.7. The van der Waals surface area contributed by atoms with Gasteiger partial charge in [-0.3, -0.25) is 9.80 Å². The lowest BCUT2D eigenvalue weighted by Crippen LogP contribution is -2.52. The van der Waals surface area contributed by atoms with Gasteiger partial charge in [-0.05, 0) is 56.2 Å². The van der Waals surface area contributed by atoms with Crippen LogP contribution in [0.2, 0.25) is 30.2 Å². The van der Waals surface area contributed by atoms with E-state index in [4.69, 9.17) is 13.6 Å². The molecule has 2 heterocycles. The van der Waals surface area contributed by atoms with E-state index >= 15 is 0 Å². The Balaban J connectivity index is 1.97. The molecule has 2 rings (SSSR count). The minimum absolute atomic E-state index is 0.239. The van der Waals surface area contributed by atoms with Crippen LogP contribution in [0.15, 0.2) is 12.3 Å². The van der Waals surface area contributed by atoms with Gasteiger partial charge >= 0.3 is 0 Å². The maximum absolute atomic E-state index is 7.19. The van der Waals surface area contributed by atoms with Gasteiger partial charge in [0.15, 0.2) is 8.32 Å². The Labute approximate surface area is 182 Å². The Hall–Kier alpha value is -0.0262. The molecule has 0 bridgehead atoms. The van der Waals surface area contributed by atoms with E-state index < -0.39 is 16.6 Å². The average Bonchev–Trinajstić information content (AvgIpc) is 2.68. The van der Waals surface area contributed by atoms with Crippen LogP contribution in [-0.4, -0.2) is 92.1 Å². The van der Waals surface area contributed by atoms with E-state index in [2.05, 4.69) is 55.9 Å². The molecule has 2 saturated heterocycles. The lowest BCUT2D eigenvalue weighted by molar-refractivity contribution is 0.0376. The maximum atomic E-state index is 7.19. The molecular weight excluding hydrogens is 396 g/mol. The molecule has 7 heteroatoms. The molecule has 0 spiro atoms. The van der Waals surface area contributed by atoms with E-state index in [1.165, 1.54) is 24.9 Å². The summed E-state index contributed by atoms with van der Waals surface area (Å²) in [4.78, 5) is 5.09. The minimum Gasteiger partial charge on any atom is -0.452 e. The van der Waals surface area contributed by atoms with Gasteiger partial charge in [0, 0.05) is 26.2 Å². The van der Waals surface area contributed by atoms with E-state index in [-0.39, 0.29) is 5.04 Å². The summed E-state index contributed by atoms with van der Waals surface area (Å²) in [6.07, 6.45) is 2.43. The summed E-state index contributed by atoms with van der Waals surface area (Å²) in [6, 6.07) is 2.40. The van der Waals surface area contributed by atoms with Gasteiger partial charge in [-0.1, -0.05) is 26.5 Å². The Morgan fingerprint density at radius 1 is 0.862 bits per heavy atom. The fourth-order valence-corrected chi connectivity index (χ4v) is 12.6. The van der Waals surface area contributed by atoms with Gasteiger partial charge in [-0.25, -0.2) is 0 Å². The second-order valence-corrected chi connectivity index (χ2v) is 19.1. The molecule has 0 amide bonds. The van der Waals surface area contributed by atoms with Crippen LogP contribution in [0.25, 0.3) is 0 Å². The first-order valence-corrected chi connectivity index (χ1v) is 16.9. The molecule has 0 atom stereocenters. The third kappa shape index (κ3) is 8.20. The van der Waals surface area contributed by atoms with Gasteiger partial charge in [0.05, 0.1) is 26.4 Å². The molecule has 0 aromatic heterocycles. The van der Waals surface area contributed by atoms with Crippen LogP contribution in [-0.2, 0) is 13.6 Å². The highest BCUT2D eigenvalue weighted by atomic mass is 28.4. The van der Waals surface area contributed by atoms with Gasteiger partial charge in [0.1, 0.15) is 0 Å². The van der Waals surface area contributed by atoms with Crippen LogP contribution in [0.3, 0.4) is 0 Å². The van der Waals surface area contributed by atoms with Crippen molar-refractivity contribution < 1.29 is 13.6 Å². The van der Waals surface area contributed by atoms with Gasteiger partial charge in [0.2, 0.25) is 8.32 Å². The Kier molecular flexibility index (Phi) is 10.1. The lowest BCUT2D eigenvalue weighted by Gasteiger charge is -2.44. The Morgan fingerprint density at radius 3 is 1.62 bits per heavy atom. The van der Waals surface area contributed by atoms with Gasteiger partial charge in [-0.2, -0.15) is 0 Å². The van der Waals surface area contributed by atoms with Gasteiger partial charge < -0.3 is 13.6 Å². The lowest BCUT2D eigenvalue weighted by atomic mass is 10.2. The molecule has 0 unspecified atom stereocenters. The topological polar surface area (TPSA) is 34.2 Å². The van der Waals surface area contributed by atoms with Crippen LogP contribution in [0, 0.1) is 0 Å². The standard InChI is InChI=1S/C22H46N2O3Si2/c1-7-29(27-28(5,6)22(2,3)4,20-8-10-23-12-16-25-17-13-23)21-9-11-24-14-18-26-19-15-24/h7H,1,8-21H2,2-6H3. The Morgan fingerprint density at radius 2 is 1.28 bits per heavy atom. The largest absolute Gasteiger partial charge is 0.452 e. The van der Waals surface area contributed by atoms with Crippen molar-refractivity contribution in [2.45, 2.75) is 63.8 Å². The zero-order chi connectivity index (χ0) is 21.4. The van der Waals surface area contributed by atoms with Crippen molar-refractivity contribution in [3.63, 3.8) is 0 Å². The highest BCUT2D eigenvalue weighted by molar-refractivity contribution is 6.89. The fourth-order valence-electron chi connectivity index (χ4n) is 3.99. The van der Waals surface area contributed by atoms with E-state index in [1.54, 1.807) is 0 Å². The smallest absolute Gasteiger partial charge is 0.204 e. The molecular formula is C22H46N2O3Si2. The van der Waals surface area contributed by atoms with Crippen molar-refractivity contribution in [2.24, 2.45) is 0 Å². The van der Waals surface area contributed by atoms with Crippen molar-refractivity contribution in [3.8, 4) is 0 Å². The van der Waals surface area contributed by atoms with Crippen molar-refractivity contribution in [3.05, 3.63) is 12.3 Å². The summed E-state index contributed by atoms with van der Waals surface area (Å²) in [7, 11) is -3.79. The molecule has 0 saturated carbocycles. The highest BCUT2D eigenvalue weighted by Gasteiger charge is 2.44. The van der Waals surface area contributed by atoms with Crippen LogP contribution >= 0.6 is 0 Å². The molecule has 0 aromatic rings. The predicted molar refractivity (Wildman–Crippen MR) is 128 cm³/mol. The molecule has 2 fully saturated rings. The predicted octanol–water partition coefficient (Wildman–Crippen LogP) is 4.12. The van der Waals surface area contributed by atoms with Crippen LogP contribution in [0.4, 0.5) is 0 Å². The summed E-state index contributed by atoms with van der Waals surface area (Å²) in [5.41, 5.74) is 2.27. The molecule has 0 aliphatic carbocycles. The maximum Gasteiger partial charge on any atom is 0.204 e. The quantitative estimate of drug-likeness (QED) is 0.450. The Bertz CT molecular complexity index is 461. The summed E-state index contributed by atoms with van der Waals surface area (Å²) >= 11 is 0. The van der Waals surface area contributed by atoms with E-state index in [0.717, 1.165) is 65.7 Å². The molecule has 170 valence electrons. The van der Waals surface area contributed by atoms with Crippen molar-refractivity contribution in [1.82, 2.24) is 9.80 Å². The zero-order valence-corrected chi connectivity index (χ0v) is 21.8. The molecule has 0 N–H and O–H groups in total. The number of hydrogen-bond donors (Lipinski definition) is 0. The normalized spacial score (nSPS) is 20.7.